The number of benzene rings is 7. The molecular formula is C43H29NO. The van der Waals surface area contributed by atoms with Crippen molar-refractivity contribution < 1.29 is 4.42 Å². The van der Waals surface area contributed by atoms with Gasteiger partial charge in [-0.05, 0) is 75.2 Å². The highest BCUT2D eigenvalue weighted by Crippen LogP contribution is 2.51. The van der Waals surface area contributed by atoms with Gasteiger partial charge in [0.1, 0.15) is 11.2 Å². The van der Waals surface area contributed by atoms with Gasteiger partial charge in [0.15, 0.2) is 0 Å². The molecule has 1 aliphatic carbocycles. The number of hydrogen-bond donors (Lipinski definition) is 0. The van der Waals surface area contributed by atoms with Gasteiger partial charge in [-0.2, -0.15) is 0 Å². The lowest BCUT2D eigenvalue weighted by molar-refractivity contribution is 0.647. The molecule has 0 spiro atoms. The van der Waals surface area contributed by atoms with Crippen LogP contribution in [0.5, 0.6) is 0 Å². The third kappa shape index (κ3) is 3.29. The van der Waals surface area contributed by atoms with E-state index in [1.807, 2.05) is 0 Å². The van der Waals surface area contributed by atoms with Crippen LogP contribution >= 0.6 is 0 Å². The molecule has 7 aromatic carbocycles. The Balaban J connectivity index is 1.18. The van der Waals surface area contributed by atoms with Crippen LogP contribution in [0.15, 0.2) is 144 Å². The van der Waals surface area contributed by atoms with Gasteiger partial charge < -0.3 is 8.98 Å². The molecule has 2 nitrogen and oxygen atoms in total. The Kier molecular flexibility index (Phi) is 4.82. The molecule has 0 fully saturated rings. The number of rotatable bonds is 2. The Morgan fingerprint density at radius 2 is 1.27 bits per heavy atom. The van der Waals surface area contributed by atoms with Crippen LogP contribution in [-0.4, -0.2) is 4.57 Å². The van der Waals surface area contributed by atoms with Crippen molar-refractivity contribution in [1.29, 1.82) is 0 Å². The summed E-state index contributed by atoms with van der Waals surface area (Å²) in [6, 6.07) is 50.9. The van der Waals surface area contributed by atoms with Gasteiger partial charge in [-0.15, -0.1) is 0 Å². The summed E-state index contributed by atoms with van der Waals surface area (Å²) in [5, 5.41) is 7.41. The highest BCUT2D eigenvalue weighted by Gasteiger charge is 2.36. The molecule has 2 heteroatoms. The van der Waals surface area contributed by atoms with Crippen LogP contribution in [0.1, 0.15) is 25.0 Å². The number of nitrogens with zero attached hydrogens (tertiary/aromatic N) is 1. The zero-order valence-electron chi connectivity index (χ0n) is 25.1. The first kappa shape index (κ1) is 24.8. The van der Waals surface area contributed by atoms with E-state index in [0.717, 1.165) is 16.9 Å². The first-order valence-electron chi connectivity index (χ1n) is 15.7. The monoisotopic (exact) mass is 575 g/mol. The van der Waals surface area contributed by atoms with Crippen molar-refractivity contribution >= 4 is 54.5 Å². The number of aromatic nitrogens is 1. The molecule has 0 saturated carbocycles. The lowest BCUT2D eigenvalue weighted by Gasteiger charge is -2.21. The molecule has 0 saturated heterocycles. The average Bonchev–Trinajstić information content (AvgIpc) is 3.70. The summed E-state index contributed by atoms with van der Waals surface area (Å²) in [6.45, 7) is 4.64. The minimum absolute atomic E-state index is 0.0596. The molecule has 0 aliphatic heterocycles. The molecule has 0 bridgehead atoms. The Labute approximate surface area is 260 Å². The van der Waals surface area contributed by atoms with E-state index in [-0.39, 0.29) is 5.41 Å². The van der Waals surface area contributed by atoms with Crippen molar-refractivity contribution in [2.75, 3.05) is 0 Å². The number of para-hydroxylation sites is 1. The fourth-order valence-corrected chi connectivity index (χ4v) is 8.05. The molecule has 0 amide bonds. The molecule has 0 unspecified atom stereocenters. The van der Waals surface area contributed by atoms with E-state index in [2.05, 4.69) is 158 Å². The zero-order valence-corrected chi connectivity index (χ0v) is 25.1. The zero-order chi connectivity index (χ0) is 29.9. The van der Waals surface area contributed by atoms with Crippen molar-refractivity contribution in [2.24, 2.45) is 0 Å². The van der Waals surface area contributed by atoms with Gasteiger partial charge in [0.25, 0.3) is 0 Å². The fraction of sp³-hybridized carbons (Fsp3) is 0.0698. The quantitative estimate of drug-likeness (QED) is 0.200. The molecule has 0 N–H and O–H groups in total. The van der Waals surface area contributed by atoms with Gasteiger partial charge in [0.2, 0.25) is 0 Å². The standard InChI is InChI=1S/C43H29NO/c1-43(2)36-15-7-5-12-31(36)34-24-35-40(25-37(34)43)45-39-17-9-14-29(41(35)39)27-18-21-28(22-19-27)44-38-16-8-6-13-32(38)33-23-20-26-10-3-4-11-30(26)42(33)44/h3-25H,1-2H3. The van der Waals surface area contributed by atoms with E-state index < -0.39 is 0 Å². The maximum Gasteiger partial charge on any atom is 0.136 e. The van der Waals surface area contributed by atoms with Crippen LogP contribution in [0.3, 0.4) is 0 Å². The van der Waals surface area contributed by atoms with Crippen LogP contribution in [-0.2, 0) is 5.41 Å². The average molecular weight is 576 g/mol. The molecule has 0 radical (unpaired) electrons. The van der Waals surface area contributed by atoms with Gasteiger partial charge in [-0.1, -0.05) is 117 Å². The highest BCUT2D eigenvalue weighted by atomic mass is 16.3. The predicted molar refractivity (Wildman–Crippen MR) is 189 cm³/mol. The normalized spacial score (nSPS) is 13.7. The lowest BCUT2D eigenvalue weighted by atomic mass is 9.82. The predicted octanol–water partition coefficient (Wildman–Crippen LogP) is 11.8. The van der Waals surface area contributed by atoms with Crippen molar-refractivity contribution in [3.63, 3.8) is 0 Å². The first-order valence-corrected chi connectivity index (χ1v) is 15.7. The molecule has 0 atom stereocenters. The summed E-state index contributed by atoms with van der Waals surface area (Å²) in [6.07, 6.45) is 0. The van der Waals surface area contributed by atoms with Gasteiger partial charge in [0.05, 0.1) is 11.0 Å². The summed E-state index contributed by atoms with van der Waals surface area (Å²) < 4.78 is 8.97. The van der Waals surface area contributed by atoms with Crippen LogP contribution < -0.4 is 0 Å². The van der Waals surface area contributed by atoms with E-state index in [9.17, 15) is 0 Å². The Morgan fingerprint density at radius 3 is 2.16 bits per heavy atom. The molecule has 2 aromatic heterocycles. The van der Waals surface area contributed by atoms with Gasteiger partial charge in [-0.3, -0.25) is 0 Å². The third-order valence-electron chi connectivity index (χ3n) is 10.2. The summed E-state index contributed by atoms with van der Waals surface area (Å²) in [4.78, 5) is 0. The van der Waals surface area contributed by atoms with Crippen molar-refractivity contribution in [2.45, 2.75) is 19.3 Å². The van der Waals surface area contributed by atoms with E-state index in [4.69, 9.17) is 4.42 Å². The van der Waals surface area contributed by atoms with Crippen molar-refractivity contribution in [3.8, 4) is 27.9 Å². The summed E-state index contributed by atoms with van der Waals surface area (Å²) >= 11 is 0. The van der Waals surface area contributed by atoms with Crippen LogP contribution in [0.4, 0.5) is 0 Å². The Hall–Kier alpha value is -5.60. The Morgan fingerprint density at radius 1 is 0.511 bits per heavy atom. The second kappa shape index (κ2) is 8.74. The molecule has 2 heterocycles. The van der Waals surface area contributed by atoms with E-state index in [1.54, 1.807) is 0 Å². The molecule has 9 aromatic rings. The van der Waals surface area contributed by atoms with Gasteiger partial charge in [-0.25, -0.2) is 0 Å². The van der Waals surface area contributed by atoms with Crippen LogP contribution in [0.2, 0.25) is 0 Å². The molecule has 1 aliphatic rings. The fourth-order valence-electron chi connectivity index (χ4n) is 8.05. The van der Waals surface area contributed by atoms with E-state index in [0.29, 0.717) is 0 Å². The summed E-state index contributed by atoms with van der Waals surface area (Å²) in [5.41, 5.74) is 13.2. The smallest absolute Gasteiger partial charge is 0.136 e. The van der Waals surface area contributed by atoms with Crippen molar-refractivity contribution in [1.82, 2.24) is 4.57 Å². The maximum atomic E-state index is 6.55. The molecule has 45 heavy (non-hydrogen) atoms. The van der Waals surface area contributed by atoms with E-state index in [1.165, 1.54) is 76.7 Å². The van der Waals surface area contributed by atoms with Crippen LogP contribution in [0, 0.1) is 0 Å². The second-order valence-electron chi connectivity index (χ2n) is 12.9. The Bertz CT molecular complexity index is 2670. The second-order valence-corrected chi connectivity index (χ2v) is 12.9. The number of hydrogen-bond acceptors (Lipinski definition) is 1. The SMILES string of the molecule is CC1(C)c2ccccc2-c2cc3c(cc21)oc1cccc(-c2ccc(-n4c5ccccc5c5ccc6ccccc6c54)cc2)c13. The van der Waals surface area contributed by atoms with Crippen LogP contribution in [0.25, 0.3) is 82.5 Å². The summed E-state index contributed by atoms with van der Waals surface area (Å²) in [5.74, 6) is 0. The minimum atomic E-state index is -0.0596. The van der Waals surface area contributed by atoms with E-state index >= 15 is 0 Å². The molecule has 10 rings (SSSR count). The number of fused-ring (bicyclic) bond motifs is 11. The highest BCUT2D eigenvalue weighted by molar-refractivity contribution is 6.19. The van der Waals surface area contributed by atoms with Gasteiger partial charge >= 0.3 is 0 Å². The first-order chi connectivity index (χ1) is 22.1. The molecule has 212 valence electrons. The van der Waals surface area contributed by atoms with Crippen molar-refractivity contribution in [3.05, 3.63) is 151 Å². The topological polar surface area (TPSA) is 18.1 Å². The van der Waals surface area contributed by atoms with Gasteiger partial charge in [0, 0.05) is 38.0 Å². The maximum absolute atomic E-state index is 6.55. The largest absolute Gasteiger partial charge is 0.456 e. The number of furan rings is 1. The minimum Gasteiger partial charge on any atom is -0.456 e. The third-order valence-corrected chi connectivity index (χ3v) is 10.2. The lowest BCUT2D eigenvalue weighted by Crippen LogP contribution is -2.14. The molecular weight excluding hydrogens is 546 g/mol. The summed E-state index contributed by atoms with van der Waals surface area (Å²) in [7, 11) is 0.